The number of nitrogens with two attached hydrogens (primary N) is 1. The Morgan fingerprint density at radius 1 is 1.12 bits per heavy atom. The maximum absolute atomic E-state index is 11.4. The van der Waals surface area contributed by atoms with Crippen LogP contribution in [0.4, 0.5) is 0 Å². The second-order valence-electron chi connectivity index (χ2n) is 5.40. The van der Waals surface area contributed by atoms with Crippen molar-refractivity contribution in [2.45, 2.75) is 9.79 Å². The summed E-state index contributed by atoms with van der Waals surface area (Å²) in [4.78, 5) is 12.4. The van der Waals surface area contributed by atoms with E-state index in [1.165, 1.54) is 35.0 Å². The van der Waals surface area contributed by atoms with E-state index >= 15 is 0 Å². The first-order valence-electron chi connectivity index (χ1n) is 7.40. The van der Waals surface area contributed by atoms with Crippen molar-refractivity contribution in [1.82, 2.24) is 9.78 Å². The third kappa shape index (κ3) is 3.64. The normalized spacial score (nSPS) is 11.5. The van der Waals surface area contributed by atoms with Gasteiger partial charge in [-0.1, -0.05) is 12.1 Å². The minimum Gasteiger partial charge on any atom is -0.476 e. The Balaban J connectivity index is 2.12. The third-order valence-corrected chi connectivity index (χ3v) is 5.40. The molecule has 0 bridgehead atoms. The number of carboxylic acid groups (broad SMARTS) is 1. The lowest BCUT2D eigenvalue weighted by molar-refractivity contribution is 0.0690. The lowest BCUT2D eigenvalue weighted by Crippen LogP contribution is -2.12. The molecule has 26 heavy (non-hydrogen) atoms. The van der Waals surface area contributed by atoms with E-state index < -0.39 is 16.0 Å². The number of aromatic carboxylic acids is 1. The fourth-order valence-electron chi connectivity index (χ4n) is 2.43. The number of carbonyl (C=O) groups is 1. The highest BCUT2D eigenvalue weighted by Gasteiger charge is 2.16. The fourth-order valence-corrected chi connectivity index (χ4v) is 3.35. The predicted octanol–water partition coefficient (Wildman–Crippen LogP) is 2.61. The highest BCUT2D eigenvalue weighted by Crippen LogP contribution is 2.27. The van der Waals surface area contributed by atoms with Gasteiger partial charge in [-0.2, -0.15) is 5.10 Å². The molecule has 0 saturated heterocycles. The van der Waals surface area contributed by atoms with Crippen LogP contribution >= 0.6 is 11.8 Å². The Morgan fingerprint density at radius 2 is 1.73 bits per heavy atom. The van der Waals surface area contributed by atoms with E-state index in [1.807, 2.05) is 30.5 Å². The summed E-state index contributed by atoms with van der Waals surface area (Å²) >= 11 is 1.60. The zero-order valence-electron chi connectivity index (χ0n) is 13.7. The molecule has 0 radical (unpaired) electrons. The molecule has 7 nitrogen and oxygen atoms in total. The van der Waals surface area contributed by atoms with Gasteiger partial charge in [-0.15, -0.1) is 11.8 Å². The zero-order chi connectivity index (χ0) is 18.9. The first-order valence-corrected chi connectivity index (χ1v) is 10.2. The molecule has 9 heteroatoms. The van der Waals surface area contributed by atoms with E-state index in [0.29, 0.717) is 11.4 Å². The van der Waals surface area contributed by atoms with Crippen molar-refractivity contribution in [2.75, 3.05) is 6.26 Å². The Bertz CT molecular complexity index is 1060. The van der Waals surface area contributed by atoms with Crippen LogP contribution in [0.25, 0.3) is 16.9 Å². The van der Waals surface area contributed by atoms with Gasteiger partial charge >= 0.3 is 5.97 Å². The molecule has 0 aliphatic rings. The van der Waals surface area contributed by atoms with Crippen LogP contribution in [0, 0.1) is 0 Å². The SMILES string of the molecule is CSc1ccc(-c2cc(C(=O)O)nn2-c2ccc(S(N)(=O)=O)cc2)cc1. The van der Waals surface area contributed by atoms with Crippen molar-refractivity contribution in [3.05, 3.63) is 60.3 Å². The molecule has 0 spiro atoms. The van der Waals surface area contributed by atoms with E-state index in [4.69, 9.17) is 5.14 Å². The number of carboxylic acids is 1. The smallest absolute Gasteiger partial charge is 0.356 e. The van der Waals surface area contributed by atoms with E-state index in [9.17, 15) is 18.3 Å². The number of hydrogen-bond donors (Lipinski definition) is 2. The number of thioether (sulfide) groups is 1. The van der Waals surface area contributed by atoms with Gasteiger partial charge < -0.3 is 5.11 Å². The first-order chi connectivity index (χ1) is 12.3. The molecule has 0 atom stereocenters. The van der Waals surface area contributed by atoms with Crippen molar-refractivity contribution < 1.29 is 18.3 Å². The summed E-state index contributed by atoms with van der Waals surface area (Å²) in [6.45, 7) is 0. The van der Waals surface area contributed by atoms with E-state index in [0.717, 1.165) is 10.5 Å². The summed E-state index contributed by atoms with van der Waals surface area (Å²) < 4.78 is 24.3. The second kappa shape index (κ2) is 6.94. The number of rotatable bonds is 5. The van der Waals surface area contributed by atoms with E-state index in [2.05, 4.69) is 5.10 Å². The zero-order valence-corrected chi connectivity index (χ0v) is 15.3. The second-order valence-corrected chi connectivity index (χ2v) is 7.84. The van der Waals surface area contributed by atoms with Crippen molar-refractivity contribution in [2.24, 2.45) is 5.14 Å². The molecule has 2 aromatic carbocycles. The maximum atomic E-state index is 11.4. The molecule has 3 aromatic rings. The van der Waals surface area contributed by atoms with Gasteiger partial charge in [0.2, 0.25) is 10.0 Å². The largest absolute Gasteiger partial charge is 0.476 e. The Kier molecular flexibility index (Phi) is 4.86. The van der Waals surface area contributed by atoms with Gasteiger partial charge in [0, 0.05) is 10.5 Å². The molecule has 0 aliphatic carbocycles. The van der Waals surface area contributed by atoms with Gasteiger partial charge in [-0.3, -0.25) is 0 Å². The molecular formula is C17H15N3O4S2. The van der Waals surface area contributed by atoms with Crippen molar-refractivity contribution in [3.63, 3.8) is 0 Å². The average molecular weight is 389 g/mol. The fraction of sp³-hybridized carbons (Fsp3) is 0.0588. The van der Waals surface area contributed by atoms with Crippen LogP contribution in [0.3, 0.4) is 0 Å². The molecule has 0 aliphatic heterocycles. The summed E-state index contributed by atoms with van der Waals surface area (Å²) in [5.41, 5.74) is 1.79. The monoisotopic (exact) mass is 389 g/mol. The molecule has 3 N–H and O–H groups in total. The number of hydrogen-bond acceptors (Lipinski definition) is 5. The highest BCUT2D eigenvalue weighted by molar-refractivity contribution is 7.98. The summed E-state index contributed by atoms with van der Waals surface area (Å²) in [5.74, 6) is -1.15. The Morgan fingerprint density at radius 3 is 2.23 bits per heavy atom. The van der Waals surface area contributed by atoms with Gasteiger partial charge in [0.05, 0.1) is 16.3 Å². The number of sulfonamides is 1. The number of nitrogens with zero attached hydrogens (tertiary/aromatic N) is 2. The van der Waals surface area contributed by atoms with Crippen molar-refractivity contribution >= 4 is 27.8 Å². The standard InChI is InChI=1S/C17H15N3O4S2/c1-25-13-6-2-11(3-7-13)16-10-15(17(21)22)19-20(16)12-4-8-14(9-5-12)26(18,23)24/h2-10H,1H3,(H,21,22)(H2,18,23,24). The average Bonchev–Trinajstić information content (AvgIpc) is 3.07. The van der Waals surface area contributed by atoms with E-state index in [-0.39, 0.29) is 10.6 Å². The van der Waals surface area contributed by atoms with Crippen LogP contribution in [0.15, 0.2) is 64.4 Å². The van der Waals surface area contributed by atoms with Gasteiger partial charge in [0.25, 0.3) is 0 Å². The molecule has 0 saturated carbocycles. The topological polar surface area (TPSA) is 115 Å². The Hall–Kier alpha value is -2.62. The molecule has 0 fully saturated rings. The highest BCUT2D eigenvalue weighted by atomic mass is 32.2. The number of benzene rings is 2. The van der Waals surface area contributed by atoms with Gasteiger partial charge in [0.1, 0.15) is 0 Å². The van der Waals surface area contributed by atoms with Gasteiger partial charge in [-0.25, -0.2) is 23.0 Å². The van der Waals surface area contributed by atoms with Crippen LogP contribution in [-0.4, -0.2) is 35.5 Å². The van der Waals surface area contributed by atoms with Crippen molar-refractivity contribution in [1.29, 1.82) is 0 Å². The number of aromatic nitrogens is 2. The molecular weight excluding hydrogens is 374 g/mol. The Labute approximate surface area is 154 Å². The van der Waals surface area contributed by atoms with Crippen LogP contribution in [0.5, 0.6) is 0 Å². The van der Waals surface area contributed by atoms with Gasteiger partial charge in [-0.05, 0) is 48.7 Å². The van der Waals surface area contributed by atoms with Crippen LogP contribution in [0.1, 0.15) is 10.5 Å². The molecule has 1 heterocycles. The predicted molar refractivity (Wildman–Crippen MR) is 99.1 cm³/mol. The third-order valence-electron chi connectivity index (χ3n) is 3.72. The summed E-state index contributed by atoms with van der Waals surface area (Å²) in [6, 6.07) is 14.9. The van der Waals surface area contributed by atoms with Crippen LogP contribution in [0.2, 0.25) is 0 Å². The molecule has 134 valence electrons. The molecule has 3 rings (SSSR count). The van der Waals surface area contributed by atoms with Crippen molar-refractivity contribution in [3.8, 4) is 16.9 Å². The summed E-state index contributed by atoms with van der Waals surface area (Å²) in [6.07, 6.45) is 1.97. The first kappa shape index (κ1) is 18.2. The maximum Gasteiger partial charge on any atom is 0.356 e. The summed E-state index contributed by atoms with van der Waals surface area (Å²) in [7, 11) is -3.81. The minimum atomic E-state index is -3.81. The molecule has 0 unspecified atom stereocenters. The lowest BCUT2D eigenvalue weighted by atomic mass is 10.1. The summed E-state index contributed by atoms with van der Waals surface area (Å²) in [5, 5.41) is 18.5. The van der Waals surface area contributed by atoms with Crippen LogP contribution in [-0.2, 0) is 10.0 Å². The number of primary sulfonamides is 1. The molecule has 0 amide bonds. The lowest BCUT2D eigenvalue weighted by Gasteiger charge is -2.09. The van der Waals surface area contributed by atoms with E-state index in [1.54, 1.807) is 11.8 Å². The molecule has 1 aromatic heterocycles. The van der Waals surface area contributed by atoms with Gasteiger partial charge in [0.15, 0.2) is 5.69 Å². The van der Waals surface area contributed by atoms with Crippen LogP contribution < -0.4 is 5.14 Å². The quantitative estimate of drug-likeness (QED) is 0.648. The minimum absolute atomic E-state index is 0.0299.